The highest BCUT2D eigenvalue weighted by atomic mass is 32.2. The van der Waals surface area contributed by atoms with Crippen molar-refractivity contribution in [2.45, 2.75) is 37.2 Å². The number of hydrogen-bond acceptors (Lipinski definition) is 4. The lowest BCUT2D eigenvalue weighted by Crippen LogP contribution is -2.20. The Kier molecular flexibility index (Phi) is 4.79. The van der Waals surface area contributed by atoms with E-state index < -0.39 is 0 Å². The van der Waals surface area contributed by atoms with Crippen molar-refractivity contribution in [1.29, 1.82) is 0 Å². The molecule has 6 heteroatoms. The molecule has 0 aliphatic carbocycles. The molecule has 1 aromatic heterocycles. The maximum atomic E-state index is 12.4. The molecular formula is C14H17N3O2S. The van der Waals surface area contributed by atoms with Gasteiger partial charge in [0.15, 0.2) is 10.9 Å². The molecule has 0 fully saturated rings. The first kappa shape index (κ1) is 14.6. The van der Waals surface area contributed by atoms with Crippen molar-refractivity contribution >= 4 is 17.5 Å². The van der Waals surface area contributed by atoms with Crippen LogP contribution in [0.1, 0.15) is 30.6 Å². The first-order valence-electron chi connectivity index (χ1n) is 6.58. The van der Waals surface area contributed by atoms with Gasteiger partial charge in [-0.05, 0) is 13.3 Å². The summed E-state index contributed by atoms with van der Waals surface area (Å²) < 4.78 is 1.53. The van der Waals surface area contributed by atoms with E-state index in [9.17, 15) is 9.59 Å². The van der Waals surface area contributed by atoms with Gasteiger partial charge in [0.1, 0.15) is 0 Å². The molecule has 0 saturated heterocycles. The van der Waals surface area contributed by atoms with Crippen LogP contribution < -0.4 is 5.69 Å². The molecule has 1 N–H and O–H groups in total. The second kappa shape index (κ2) is 6.56. The lowest BCUT2D eigenvalue weighted by Gasteiger charge is -2.12. The number of thioether (sulfide) groups is 1. The summed E-state index contributed by atoms with van der Waals surface area (Å²) in [6.45, 7) is 4.37. The van der Waals surface area contributed by atoms with Crippen molar-refractivity contribution in [3.05, 3.63) is 46.4 Å². The van der Waals surface area contributed by atoms with E-state index in [0.717, 1.165) is 0 Å². The highest BCUT2D eigenvalue weighted by Crippen LogP contribution is 2.25. The average Bonchev–Trinajstić information content (AvgIpc) is 2.84. The normalized spacial score (nSPS) is 12.3. The highest BCUT2D eigenvalue weighted by molar-refractivity contribution is 8.00. The highest BCUT2D eigenvalue weighted by Gasteiger charge is 2.22. The van der Waals surface area contributed by atoms with Gasteiger partial charge in [-0.3, -0.25) is 9.36 Å². The Balaban J connectivity index is 2.21. The molecule has 0 amide bonds. The zero-order valence-corrected chi connectivity index (χ0v) is 12.3. The molecule has 1 heterocycles. The maximum Gasteiger partial charge on any atom is 0.343 e. The van der Waals surface area contributed by atoms with E-state index >= 15 is 0 Å². The molecule has 2 rings (SSSR count). The Bertz CT molecular complexity index is 633. The van der Waals surface area contributed by atoms with Crippen LogP contribution in [0.15, 0.2) is 40.3 Å². The minimum absolute atomic E-state index is 0.0659. The largest absolute Gasteiger partial charge is 0.343 e. The van der Waals surface area contributed by atoms with Gasteiger partial charge >= 0.3 is 5.69 Å². The molecule has 1 atom stereocenters. The third kappa shape index (κ3) is 3.01. The van der Waals surface area contributed by atoms with Gasteiger partial charge in [-0.2, -0.15) is 0 Å². The van der Waals surface area contributed by atoms with E-state index in [1.807, 2.05) is 44.2 Å². The number of benzene rings is 1. The van der Waals surface area contributed by atoms with Crippen LogP contribution in [0, 0.1) is 0 Å². The standard InChI is InChI=1S/C14H17N3O2S/c1-3-11(12(18)10-8-6-5-7-9-10)20-14-16-15-13(19)17(14)4-2/h5-9,11H,3-4H2,1-2H3,(H,15,19). The van der Waals surface area contributed by atoms with Crippen molar-refractivity contribution in [3.8, 4) is 0 Å². The van der Waals surface area contributed by atoms with Crippen LogP contribution in [0.5, 0.6) is 0 Å². The smallest absolute Gasteiger partial charge is 0.293 e. The topological polar surface area (TPSA) is 67.8 Å². The number of hydrogen-bond donors (Lipinski definition) is 1. The summed E-state index contributed by atoms with van der Waals surface area (Å²) >= 11 is 1.33. The van der Waals surface area contributed by atoms with Gasteiger partial charge in [-0.1, -0.05) is 49.0 Å². The SMILES string of the molecule is CCC(Sc1n[nH]c(=O)n1CC)C(=O)c1ccccc1. The third-order valence-corrected chi connectivity index (χ3v) is 4.36. The van der Waals surface area contributed by atoms with Gasteiger partial charge < -0.3 is 0 Å². The lowest BCUT2D eigenvalue weighted by molar-refractivity contribution is 0.0988. The quantitative estimate of drug-likeness (QED) is 0.655. The van der Waals surface area contributed by atoms with E-state index in [4.69, 9.17) is 0 Å². The molecule has 1 aromatic carbocycles. The number of nitrogens with zero attached hydrogens (tertiary/aromatic N) is 2. The van der Waals surface area contributed by atoms with Crippen LogP contribution in [0.2, 0.25) is 0 Å². The summed E-state index contributed by atoms with van der Waals surface area (Å²) in [7, 11) is 0. The van der Waals surface area contributed by atoms with E-state index in [1.165, 1.54) is 16.3 Å². The summed E-state index contributed by atoms with van der Waals surface area (Å²) in [5.41, 5.74) is 0.449. The number of carbonyl (C=O) groups is 1. The van der Waals surface area contributed by atoms with Crippen LogP contribution in [0.3, 0.4) is 0 Å². The number of Topliss-reactive ketones (excluding diaryl/α,β-unsaturated/α-hetero) is 1. The van der Waals surface area contributed by atoms with Crippen molar-refractivity contribution in [1.82, 2.24) is 14.8 Å². The lowest BCUT2D eigenvalue weighted by atomic mass is 10.1. The van der Waals surface area contributed by atoms with E-state index in [2.05, 4.69) is 10.2 Å². The van der Waals surface area contributed by atoms with Gasteiger partial charge in [0.05, 0.1) is 5.25 Å². The minimum Gasteiger partial charge on any atom is -0.293 e. The number of nitrogens with one attached hydrogen (secondary N) is 1. The number of carbonyl (C=O) groups excluding carboxylic acids is 1. The molecule has 0 bridgehead atoms. The Morgan fingerprint density at radius 3 is 2.65 bits per heavy atom. The van der Waals surface area contributed by atoms with Gasteiger partial charge in [0.25, 0.3) is 0 Å². The average molecular weight is 291 g/mol. The van der Waals surface area contributed by atoms with Crippen LogP contribution in [0.4, 0.5) is 0 Å². The van der Waals surface area contributed by atoms with Gasteiger partial charge in [-0.15, -0.1) is 5.10 Å². The van der Waals surface area contributed by atoms with Crippen molar-refractivity contribution in [2.75, 3.05) is 0 Å². The van der Waals surface area contributed by atoms with E-state index in [-0.39, 0.29) is 16.7 Å². The van der Waals surface area contributed by atoms with Gasteiger partial charge in [0, 0.05) is 12.1 Å². The second-order valence-electron chi connectivity index (χ2n) is 4.30. The predicted octanol–water partition coefficient (Wildman–Crippen LogP) is 2.34. The van der Waals surface area contributed by atoms with Crippen LogP contribution >= 0.6 is 11.8 Å². The van der Waals surface area contributed by atoms with E-state index in [1.54, 1.807) is 0 Å². The van der Waals surface area contributed by atoms with E-state index in [0.29, 0.717) is 23.7 Å². The van der Waals surface area contributed by atoms with Crippen molar-refractivity contribution < 1.29 is 4.79 Å². The molecule has 1 unspecified atom stereocenters. The number of rotatable bonds is 6. The Labute approximate surface area is 121 Å². The number of ketones is 1. The summed E-state index contributed by atoms with van der Waals surface area (Å²) in [5, 5.41) is 6.73. The molecule has 0 aliphatic rings. The number of aromatic nitrogens is 3. The van der Waals surface area contributed by atoms with Crippen molar-refractivity contribution in [2.24, 2.45) is 0 Å². The summed E-state index contributed by atoms with van der Waals surface area (Å²) in [4.78, 5) is 24.0. The molecular weight excluding hydrogens is 274 g/mol. The predicted molar refractivity (Wildman–Crippen MR) is 79.2 cm³/mol. The molecule has 0 aliphatic heterocycles. The maximum absolute atomic E-state index is 12.4. The number of H-pyrrole nitrogens is 1. The Morgan fingerprint density at radius 2 is 2.05 bits per heavy atom. The molecule has 5 nitrogen and oxygen atoms in total. The molecule has 2 aromatic rings. The fourth-order valence-electron chi connectivity index (χ4n) is 1.91. The molecule has 106 valence electrons. The zero-order valence-electron chi connectivity index (χ0n) is 11.5. The summed E-state index contributed by atoms with van der Waals surface area (Å²) in [6, 6.07) is 9.20. The van der Waals surface area contributed by atoms with Gasteiger partial charge in [-0.25, -0.2) is 9.89 Å². The molecule has 0 saturated carbocycles. The monoisotopic (exact) mass is 291 g/mol. The van der Waals surface area contributed by atoms with Crippen LogP contribution in [-0.4, -0.2) is 25.8 Å². The molecule has 0 spiro atoms. The number of aromatic amines is 1. The zero-order chi connectivity index (χ0) is 14.5. The fraction of sp³-hybridized carbons (Fsp3) is 0.357. The van der Waals surface area contributed by atoms with Crippen molar-refractivity contribution in [3.63, 3.8) is 0 Å². The molecule has 0 radical (unpaired) electrons. The van der Waals surface area contributed by atoms with Crippen LogP contribution in [-0.2, 0) is 6.54 Å². The summed E-state index contributed by atoms with van der Waals surface area (Å²) in [5.74, 6) is 0.0659. The summed E-state index contributed by atoms with van der Waals surface area (Å²) in [6.07, 6.45) is 0.684. The second-order valence-corrected chi connectivity index (χ2v) is 5.47. The Morgan fingerprint density at radius 1 is 1.35 bits per heavy atom. The third-order valence-electron chi connectivity index (χ3n) is 3.01. The minimum atomic E-state index is -0.239. The van der Waals surface area contributed by atoms with Gasteiger partial charge in [0.2, 0.25) is 0 Å². The Hall–Kier alpha value is -1.82. The first-order valence-corrected chi connectivity index (χ1v) is 7.46. The first-order chi connectivity index (χ1) is 9.67. The van der Waals surface area contributed by atoms with Crippen LogP contribution in [0.25, 0.3) is 0 Å². The fourth-order valence-corrected chi connectivity index (χ4v) is 3.01. The molecule has 20 heavy (non-hydrogen) atoms.